The normalized spacial score (nSPS) is 16.4. The molecule has 4 rings (SSSR count). The van der Waals surface area contributed by atoms with Crippen molar-refractivity contribution in [1.29, 1.82) is 0 Å². The Kier molecular flexibility index (Phi) is 8.23. The molecule has 4 nitrogen and oxygen atoms in total. The van der Waals surface area contributed by atoms with Gasteiger partial charge in [-0.2, -0.15) is 13.2 Å². The number of halogens is 3. The lowest BCUT2D eigenvalue weighted by Gasteiger charge is -2.39. The minimum atomic E-state index is -4.41. The van der Waals surface area contributed by atoms with Gasteiger partial charge in [-0.05, 0) is 36.6 Å². The summed E-state index contributed by atoms with van der Waals surface area (Å²) >= 11 is 0. The van der Waals surface area contributed by atoms with Gasteiger partial charge < -0.3 is 9.74 Å². The Bertz CT molecular complexity index is 1280. The summed E-state index contributed by atoms with van der Waals surface area (Å²) in [6, 6.07) is 22.9. The van der Waals surface area contributed by atoms with Crippen molar-refractivity contribution >= 4 is 5.91 Å². The first kappa shape index (κ1) is 27.4. The Balaban J connectivity index is 1.51. The molecular weight excluding hydrogens is 487 g/mol. The van der Waals surface area contributed by atoms with E-state index in [2.05, 4.69) is 9.74 Å². The molecule has 0 spiro atoms. The van der Waals surface area contributed by atoms with Crippen molar-refractivity contribution in [3.63, 3.8) is 0 Å². The standard InChI is InChI=1S/C31H32F3N3O/c1-23-20-24(22-27(21-23)31(32,33)34)14-17-36(3)29(38)28(25-10-6-4-7-11-25)37-18-15-30(35-2,16-19-37)26-12-8-5-9-13-26/h4-13,20-22,28H,14-19H2,1,3H3. The summed E-state index contributed by atoms with van der Waals surface area (Å²) in [7, 11) is 1.70. The molecule has 0 bridgehead atoms. The molecule has 1 aliphatic rings. The number of likely N-dealkylation sites (tertiary alicyclic amines) is 1. The molecule has 0 N–H and O–H groups in total. The topological polar surface area (TPSA) is 27.9 Å². The van der Waals surface area contributed by atoms with Crippen molar-refractivity contribution in [2.24, 2.45) is 0 Å². The number of likely N-dealkylation sites (N-methyl/N-ethyl adjacent to an activating group) is 1. The Hall–Kier alpha value is -3.63. The molecule has 1 saturated heterocycles. The number of hydrogen-bond acceptors (Lipinski definition) is 2. The number of rotatable bonds is 7. The molecular formula is C31H32F3N3O. The van der Waals surface area contributed by atoms with Crippen LogP contribution in [-0.4, -0.2) is 42.4 Å². The summed E-state index contributed by atoms with van der Waals surface area (Å²) < 4.78 is 39.8. The van der Waals surface area contributed by atoms with Crippen LogP contribution in [0.25, 0.3) is 4.85 Å². The van der Waals surface area contributed by atoms with Gasteiger partial charge in [0.05, 0.1) is 5.56 Å². The van der Waals surface area contributed by atoms with Crippen molar-refractivity contribution in [2.75, 3.05) is 26.7 Å². The van der Waals surface area contributed by atoms with Gasteiger partial charge in [-0.3, -0.25) is 9.69 Å². The van der Waals surface area contributed by atoms with Gasteiger partial charge >= 0.3 is 6.18 Å². The quantitative estimate of drug-likeness (QED) is 0.326. The summed E-state index contributed by atoms with van der Waals surface area (Å²) in [5.41, 5.74) is 1.70. The molecule has 7 heteroatoms. The fourth-order valence-corrected chi connectivity index (χ4v) is 5.30. The van der Waals surface area contributed by atoms with Crippen molar-refractivity contribution in [3.05, 3.63) is 118 Å². The van der Waals surface area contributed by atoms with Gasteiger partial charge in [0.2, 0.25) is 5.91 Å². The van der Waals surface area contributed by atoms with E-state index in [0.29, 0.717) is 50.0 Å². The molecule has 1 atom stereocenters. The molecule has 3 aromatic rings. The predicted octanol–water partition coefficient (Wildman–Crippen LogP) is 6.67. The SMILES string of the molecule is [C-]#[N+]C1(c2ccccc2)CCN(C(C(=O)N(C)CCc2cc(C)cc(C(F)(F)F)c2)c2ccccc2)CC1. The number of benzene rings is 3. The molecule has 0 saturated carbocycles. The minimum absolute atomic E-state index is 0.102. The van der Waals surface area contributed by atoms with Crippen LogP contribution in [0.5, 0.6) is 0 Å². The molecule has 0 aromatic heterocycles. The van der Waals surface area contributed by atoms with Crippen molar-refractivity contribution in [2.45, 2.75) is 43.9 Å². The van der Waals surface area contributed by atoms with Crippen molar-refractivity contribution in [1.82, 2.24) is 9.80 Å². The van der Waals surface area contributed by atoms with Crippen LogP contribution in [-0.2, 0) is 22.9 Å². The lowest BCUT2D eigenvalue weighted by Crippen LogP contribution is -2.48. The van der Waals surface area contributed by atoms with Crippen LogP contribution in [0.2, 0.25) is 0 Å². The first-order valence-corrected chi connectivity index (χ1v) is 12.8. The number of amides is 1. The summed E-state index contributed by atoms with van der Waals surface area (Å²) in [5.74, 6) is -0.102. The maximum absolute atomic E-state index is 13.8. The smallest absolute Gasteiger partial charge is 0.344 e. The van der Waals surface area contributed by atoms with E-state index in [1.54, 1.807) is 24.9 Å². The lowest BCUT2D eigenvalue weighted by molar-refractivity contribution is -0.138. The molecule has 38 heavy (non-hydrogen) atoms. The molecule has 0 aliphatic carbocycles. The zero-order chi connectivity index (χ0) is 27.3. The van der Waals surface area contributed by atoms with Crippen molar-refractivity contribution < 1.29 is 18.0 Å². The second kappa shape index (κ2) is 11.4. The molecule has 0 radical (unpaired) electrons. The highest BCUT2D eigenvalue weighted by molar-refractivity contribution is 5.83. The number of hydrogen-bond donors (Lipinski definition) is 0. The third-order valence-electron chi connectivity index (χ3n) is 7.44. The van der Waals surface area contributed by atoms with Gasteiger partial charge in [0.1, 0.15) is 6.04 Å². The maximum Gasteiger partial charge on any atom is 0.416 e. The van der Waals surface area contributed by atoms with E-state index in [1.807, 2.05) is 60.7 Å². The van der Waals surface area contributed by atoms with E-state index in [0.717, 1.165) is 23.3 Å². The largest absolute Gasteiger partial charge is 0.416 e. The number of aryl methyl sites for hydroxylation is 1. The third kappa shape index (κ3) is 6.08. The zero-order valence-electron chi connectivity index (χ0n) is 21.7. The fourth-order valence-electron chi connectivity index (χ4n) is 5.30. The van der Waals surface area contributed by atoms with Crippen LogP contribution in [0.4, 0.5) is 13.2 Å². The minimum Gasteiger partial charge on any atom is -0.344 e. The van der Waals surface area contributed by atoms with Gasteiger partial charge in [-0.25, -0.2) is 6.57 Å². The van der Waals surface area contributed by atoms with Crippen LogP contribution in [0.3, 0.4) is 0 Å². The molecule has 1 amide bonds. The first-order valence-electron chi connectivity index (χ1n) is 12.8. The fraction of sp³-hybridized carbons (Fsp3) is 0.355. The second-order valence-electron chi connectivity index (χ2n) is 10.1. The molecule has 1 aliphatic heterocycles. The second-order valence-corrected chi connectivity index (χ2v) is 10.1. The Morgan fingerprint density at radius 1 is 1.03 bits per heavy atom. The highest BCUT2D eigenvalue weighted by atomic mass is 19.4. The average molecular weight is 520 g/mol. The van der Waals surface area contributed by atoms with E-state index in [1.165, 1.54) is 0 Å². The van der Waals surface area contributed by atoms with Crippen LogP contribution < -0.4 is 0 Å². The maximum atomic E-state index is 13.8. The summed E-state index contributed by atoms with van der Waals surface area (Å²) in [6.45, 7) is 11.1. The van der Waals surface area contributed by atoms with Crippen LogP contribution in [0.1, 0.15) is 46.7 Å². The Morgan fingerprint density at radius 2 is 1.63 bits per heavy atom. The Labute approximate surface area is 222 Å². The van der Waals surface area contributed by atoms with E-state index in [-0.39, 0.29) is 5.91 Å². The van der Waals surface area contributed by atoms with E-state index in [9.17, 15) is 18.0 Å². The summed E-state index contributed by atoms with van der Waals surface area (Å²) in [4.78, 5) is 21.6. The van der Waals surface area contributed by atoms with Gasteiger partial charge in [0.25, 0.3) is 5.54 Å². The number of piperidine rings is 1. The highest BCUT2D eigenvalue weighted by Gasteiger charge is 2.45. The first-order chi connectivity index (χ1) is 18.1. The molecule has 198 valence electrons. The lowest BCUT2D eigenvalue weighted by atomic mass is 9.81. The van der Waals surface area contributed by atoms with Crippen molar-refractivity contribution in [3.8, 4) is 0 Å². The number of carbonyl (C=O) groups is 1. The number of carbonyl (C=O) groups excluding carboxylic acids is 1. The average Bonchev–Trinajstić information content (AvgIpc) is 2.92. The van der Waals surface area contributed by atoms with Gasteiger partial charge in [0.15, 0.2) is 0 Å². The van der Waals surface area contributed by atoms with Gasteiger partial charge in [-0.15, -0.1) is 0 Å². The predicted molar refractivity (Wildman–Crippen MR) is 142 cm³/mol. The van der Waals surface area contributed by atoms with E-state index >= 15 is 0 Å². The molecule has 1 fully saturated rings. The molecule has 1 heterocycles. The monoisotopic (exact) mass is 519 g/mol. The molecule has 3 aromatic carbocycles. The van der Waals surface area contributed by atoms with Gasteiger partial charge in [-0.1, -0.05) is 72.3 Å². The van der Waals surface area contributed by atoms with Gasteiger partial charge in [0, 0.05) is 45.1 Å². The van der Waals surface area contributed by atoms with Crippen LogP contribution in [0.15, 0.2) is 78.9 Å². The third-order valence-corrected chi connectivity index (χ3v) is 7.44. The van der Waals surface area contributed by atoms with E-state index < -0.39 is 23.3 Å². The highest BCUT2D eigenvalue weighted by Crippen LogP contribution is 2.39. The van der Waals surface area contributed by atoms with E-state index in [4.69, 9.17) is 6.57 Å². The Morgan fingerprint density at radius 3 is 2.21 bits per heavy atom. The number of alkyl halides is 3. The number of nitrogens with zero attached hydrogens (tertiary/aromatic N) is 3. The summed E-state index contributed by atoms with van der Waals surface area (Å²) in [6.07, 6.45) is -2.85. The summed E-state index contributed by atoms with van der Waals surface area (Å²) in [5, 5.41) is 0. The molecule has 1 unspecified atom stereocenters. The van der Waals surface area contributed by atoms with Crippen LogP contribution in [0, 0.1) is 13.5 Å². The van der Waals surface area contributed by atoms with Crippen LogP contribution >= 0.6 is 0 Å². The zero-order valence-corrected chi connectivity index (χ0v) is 21.7.